The molecular formula is C8H17NO2. The summed E-state index contributed by atoms with van der Waals surface area (Å²) in [4.78, 5) is 10.8. The molecule has 0 radical (unpaired) electrons. The number of hydrogen-bond donors (Lipinski definition) is 2. The maximum absolute atomic E-state index is 10.8. The maximum atomic E-state index is 10.8. The summed E-state index contributed by atoms with van der Waals surface area (Å²) >= 11 is 0. The van der Waals surface area contributed by atoms with Crippen molar-refractivity contribution in [1.29, 1.82) is 0 Å². The van der Waals surface area contributed by atoms with Gasteiger partial charge in [-0.25, -0.2) is 0 Å². The summed E-state index contributed by atoms with van der Waals surface area (Å²) in [6.07, 6.45) is 1.01. The summed E-state index contributed by atoms with van der Waals surface area (Å²) in [5, 5.41) is 12.4. The standard InChI is InChI=1S/C8H17NO2/c1-4-5-9-6-8(3,11)7(2)10/h9,11H,4-6H2,1-3H3. The quantitative estimate of drug-likeness (QED) is 0.568. The first kappa shape index (κ1) is 10.6. The van der Waals surface area contributed by atoms with Crippen LogP contribution in [0.1, 0.15) is 27.2 Å². The van der Waals surface area contributed by atoms with Gasteiger partial charge in [0.1, 0.15) is 5.60 Å². The lowest BCUT2D eigenvalue weighted by atomic mass is 10.0. The van der Waals surface area contributed by atoms with Crippen molar-refractivity contribution in [3.63, 3.8) is 0 Å². The third-order valence-corrected chi connectivity index (χ3v) is 1.65. The number of hydrogen-bond acceptors (Lipinski definition) is 3. The van der Waals surface area contributed by atoms with Crippen LogP contribution in [0.15, 0.2) is 0 Å². The van der Waals surface area contributed by atoms with Gasteiger partial charge in [0.15, 0.2) is 5.78 Å². The Bertz CT molecular complexity index is 132. The number of carbonyl (C=O) groups excluding carboxylic acids is 1. The molecule has 0 aliphatic rings. The molecule has 2 N–H and O–H groups in total. The third kappa shape index (κ3) is 4.11. The summed E-state index contributed by atoms with van der Waals surface area (Å²) in [5.41, 5.74) is -1.20. The highest BCUT2D eigenvalue weighted by atomic mass is 16.3. The van der Waals surface area contributed by atoms with Gasteiger partial charge in [0.2, 0.25) is 0 Å². The van der Waals surface area contributed by atoms with Crippen LogP contribution in [0.2, 0.25) is 0 Å². The molecule has 1 unspecified atom stereocenters. The molecule has 0 aliphatic carbocycles. The highest BCUT2D eigenvalue weighted by Gasteiger charge is 2.24. The number of nitrogens with one attached hydrogen (secondary N) is 1. The topological polar surface area (TPSA) is 49.3 Å². The summed E-state index contributed by atoms with van der Waals surface area (Å²) in [5.74, 6) is -0.193. The van der Waals surface area contributed by atoms with Crippen molar-refractivity contribution in [3.05, 3.63) is 0 Å². The zero-order chi connectivity index (χ0) is 8.91. The van der Waals surface area contributed by atoms with Gasteiger partial charge in [0, 0.05) is 6.54 Å². The zero-order valence-corrected chi connectivity index (χ0v) is 7.48. The van der Waals surface area contributed by atoms with E-state index in [1.807, 2.05) is 6.92 Å². The van der Waals surface area contributed by atoms with Crippen LogP contribution >= 0.6 is 0 Å². The Balaban J connectivity index is 3.64. The molecule has 0 bridgehead atoms. The van der Waals surface area contributed by atoms with E-state index in [4.69, 9.17) is 0 Å². The molecule has 0 fully saturated rings. The number of Topliss-reactive ketones (excluding diaryl/α,β-unsaturated/α-hetero) is 1. The minimum absolute atomic E-state index is 0.193. The van der Waals surface area contributed by atoms with E-state index in [1.165, 1.54) is 13.8 Å². The largest absolute Gasteiger partial charge is 0.381 e. The average Bonchev–Trinajstić information content (AvgIpc) is 1.88. The van der Waals surface area contributed by atoms with Crippen molar-refractivity contribution < 1.29 is 9.90 Å². The fourth-order valence-electron chi connectivity index (χ4n) is 0.633. The molecule has 0 aromatic rings. The van der Waals surface area contributed by atoms with Crippen molar-refractivity contribution >= 4 is 5.78 Å². The smallest absolute Gasteiger partial charge is 0.162 e. The fraction of sp³-hybridized carbons (Fsp3) is 0.875. The summed E-state index contributed by atoms with van der Waals surface area (Å²) in [6.45, 7) is 6.14. The van der Waals surface area contributed by atoms with Gasteiger partial charge in [-0.3, -0.25) is 4.79 Å². The lowest BCUT2D eigenvalue weighted by Crippen LogP contribution is -2.43. The second-order valence-corrected chi connectivity index (χ2v) is 3.01. The predicted molar refractivity (Wildman–Crippen MR) is 44.5 cm³/mol. The first-order chi connectivity index (χ1) is 5.00. The van der Waals surface area contributed by atoms with E-state index in [0.29, 0.717) is 6.54 Å². The van der Waals surface area contributed by atoms with Gasteiger partial charge in [-0.1, -0.05) is 6.92 Å². The molecule has 0 rings (SSSR count). The highest BCUT2D eigenvalue weighted by Crippen LogP contribution is 2.01. The van der Waals surface area contributed by atoms with Gasteiger partial charge in [-0.05, 0) is 26.8 Å². The summed E-state index contributed by atoms with van der Waals surface area (Å²) < 4.78 is 0. The number of rotatable bonds is 5. The molecular weight excluding hydrogens is 142 g/mol. The van der Waals surface area contributed by atoms with Crippen LogP contribution in [0.4, 0.5) is 0 Å². The van der Waals surface area contributed by atoms with Crippen molar-refractivity contribution in [1.82, 2.24) is 5.32 Å². The van der Waals surface area contributed by atoms with E-state index in [9.17, 15) is 9.90 Å². The molecule has 66 valence electrons. The van der Waals surface area contributed by atoms with Gasteiger partial charge in [0.25, 0.3) is 0 Å². The second-order valence-electron chi connectivity index (χ2n) is 3.01. The SMILES string of the molecule is CCCNCC(C)(O)C(C)=O. The predicted octanol–water partition coefficient (Wildman–Crippen LogP) is 0.326. The molecule has 0 heterocycles. The minimum Gasteiger partial charge on any atom is -0.381 e. The molecule has 11 heavy (non-hydrogen) atoms. The first-order valence-electron chi connectivity index (χ1n) is 3.95. The summed E-state index contributed by atoms with van der Waals surface area (Å²) in [7, 11) is 0. The van der Waals surface area contributed by atoms with E-state index < -0.39 is 5.60 Å². The van der Waals surface area contributed by atoms with Crippen LogP contribution < -0.4 is 5.32 Å². The Labute approximate surface area is 67.8 Å². The Morgan fingerprint density at radius 1 is 1.64 bits per heavy atom. The van der Waals surface area contributed by atoms with Crippen LogP contribution in [0, 0.1) is 0 Å². The lowest BCUT2D eigenvalue weighted by molar-refractivity contribution is -0.132. The molecule has 0 saturated carbocycles. The molecule has 0 amide bonds. The highest BCUT2D eigenvalue weighted by molar-refractivity contribution is 5.84. The normalized spacial score (nSPS) is 16.0. The Kier molecular flexibility index (Phi) is 4.30. The molecule has 1 atom stereocenters. The van der Waals surface area contributed by atoms with Crippen molar-refractivity contribution in [2.24, 2.45) is 0 Å². The van der Waals surface area contributed by atoms with Crippen molar-refractivity contribution in [2.75, 3.05) is 13.1 Å². The second kappa shape index (κ2) is 4.46. The summed E-state index contributed by atoms with van der Waals surface area (Å²) in [6, 6.07) is 0. The molecule has 0 spiro atoms. The molecule has 0 aliphatic heterocycles. The van der Waals surface area contributed by atoms with E-state index in [-0.39, 0.29) is 5.78 Å². The monoisotopic (exact) mass is 159 g/mol. The molecule has 3 heteroatoms. The van der Waals surface area contributed by atoms with Crippen LogP contribution in [-0.2, 0) is 4.79 Å². The number of ketones is 1. The van der Waals surface area contributed by atoms with Crippen LogP contribution in [0.5, 0.6) is 0 Å². The fourth-order valence-corrected chi connectivity index (χ4v) is 0.633. The van der Waals surface area contributed by atoms with E-state index >= 15 is 0 Å². The van der Waals surface area contributed by atoms with Crippen LogP contribution in [0.3, 0.4) is 0 Å². The first-order valence-corrected chi connectivity index (χ1v) is 3.95. The van der Waals surface area contributed by atoms with Gasteiger partial charge in [-0.15, -0.1) is 0 Å². The van der Waals surface area contributed by atoms with Crippen molar-refractivity contribution in [2.45, 2.75) is 32.8 Å². The average molecular weight is 159 g/mol. The third-order valence-electron chi connectivity index (χ3n) is 1.65. The van der Waals surface area contributed by atoms with Crippen molar-refractivity contribution in [3.8, 4) is 0 Å². The van der Waals surface area contributed by atoms with Gasteiger partial charge in [-0.2, -0.15) is 0 Å². The van der Waals surface area contributed by atoms with Gasteiger partial charge < -0.3 is 10.4 Å². The minimum atomic E-state index is -1.20. The number of carbonyl (C=O) groups is 1. The Morgan fingerprint density at radius 3 is 2.55 bits per heavy atom. The Morgan fingerprint density at radius 2 is 2.18 bits per heavy atom. The maximum Gasteiger partial charge on any atom is 0.162 e. The Hall–Kier alpha value is -0.410. The lowest BCUT2D eigenvalue weighted by Gasteiger charge is -2.19. The molecule has 3 nitrogen and oxygen atoms in total. The van der Waals surface area contributed by atoms with Gasteiger partial charge in [0.05, 0.1) is 0 Å². The molecule has 0 saturated heterocycles. The van der Waals surface area contributed by atoms with E-state index in [1.54, 1.807) is 0 Å². The number of aliphatic hydroxyl groups is 1. The van der Waals surface area contributed by atoms with E-state index in [2.05, 4.69) is 5.32 Å². The molecule has 0 aromatic carbocycles. The van der Waals surface area contributed by atoms with Gasteiger partial charge >= 0.3 is 0 Å². The molecule has 0 aromatic heterocycles. The van der Waals surface area contributed by atoms with E-state index in [0.717, 1.165) is 13.0 Å². The zero-order valence-electron chi connectivity index (χ0n) is 7.48. The van der Waals surface area contributed by atoms with Crippen LogP contribution in [-0.4, -0.2) is 29.6 Å². The van der Waals surface area contributed by atoms with Crippen LogP contribution in [0.25, 0.3) is 0 Å².